The minimum atomic E-state index is -0.0709. The van der Waals surface area contributed by atoms with Crippen LogP contribution in [0, 0.1) is 0 Å². The van der Waals surface area contributed by atoms with Crippen molar-refractivity contribution in [1.82, 2.24) is 9.97 Å². The molecule has 0 radical (unpaired) electrons. The van der Waals surface area contributed by atoms with Crippen LogP contribution in [0.5, 0.6) is 0 Å². The zero-order valence-corrected chi connectivity index (χ0v) is 30.2. The van der Waals surface area contributed by atoms with Gasteiger partial charge in [0.15, 0.2) is 5.82 Å². The van der Waals surface area contributed by atoms with Gasteiger partial charge >= 0.3 is 0 Å². The predicted octanol–water partition coefficient (Wildman–Crippen LogP) is 13.0. The second-order valence-electron chi connectivity index (χ2n) is 15.3. The van der Waals surface area contributed by atoms with Crippen molar-refractivity contribution in [1.29, 1.82) is 0 Å². The van der Waals surface area contributed by atoms with Gasteiger partial charge < -0.3 is 4.42 Å². The number of hydrogen-bond donors (Lipinski definition) is 0. The Labute approximate surface area is 314 Å². The number of fused-ring (bicyclic) bond motifs is 9. The number of furan rings is 1. The van der Waals surface area contributed by atoms with Crippen molar-refractivity contribution >= 4 is 21.9 Å². The van der Waals surface area contributed by atoms with Gasteiger partial charge in [0, 0.05) is 33.2 Å². The topological polar surface area (TPSA) is 38.9 Å². The van der Waals surface area contributed by atoms with E-state index in [1.807, 2.05) is 18.2 Å². The van der Waals surface area contributed by atoms with Gasteiger partial charge in [0.05, 0.1) is 11.4 Å². The third-order valence-electron chi connectivity index (χ3n) is 11.9. The van der Waals surface area contributed by atoms with Crippen LogP contribution in [0.3, 0.4) is 0 Å². The van der Waals surface area contributed by atoms with E-state index in [1.54, 1.807) is 0 Å². The average Bonchev–Trinajstić information content (AvgIpc) is 3.72. The Bertz CT molecular complexity index is 2950. The molecule has 0 saturated heterocycles. The van der Waals surface area contributed by atoms with Gasteiger partial charge in [-0.05, 0) is 92.4 Å². The van der Waals surface area contributed by atoms with Crippen molar-refractivity contribution in [2.24, 2.45) is 0 Å². The van der Waals surface area contributed by atoms with Crippen molar-refractivity contribution in [2.75, 3.05) is 0 Å². The highest BCUT2D eigenvalue weighted by Crippen LogP contribution is 2.53. The highest BCUT2D eigenvalue weighted by molar-refractivity contribution is 6.11. The molecule has 0 amide bonds. The summed E-state index contributed by atoms with van der Waals surface area (Å²) in [7, 11) is 0. The third kappa shape index (κ3) is 4.68. The lowest BCUT2D eigenvalue weighted by molar-refractivity contribution is 0.657. The minimum absolute atomic E-state index is 0.0387. The van der Waals surface area contributed by atoms with E-state index in [9.17, 15) is 0 Å². The molecule has 2 aliphatic carbocycles. The highest BCUT2D eigenvalue weighted by Gasteiger charge is 2.38. The summed E-state index contributed by atoms with van der Waals surface area (Å²) < 4.78 is 6.35. The minimum Gasteiger partial charge on any atom is -0.456 e. The normalized spacial score (nSPS) is 15.1. The van der Waals surface area contributed by atoms with Crippen LogP contribution in [0.15, 0.2) is 168 Å². The SMILES string of the molecule is CC1(C)c2ccccc2-c2cc3c(cc21)CC(c1cc(-c2cccc(-c4ccccc4)c2)nc(-c2cccc4oc5ccccc5c24)n1)c1ccccc1-3. The Balaban J connectivity index is 1.13. The van der Waals surface area contributed by atoms with Crippen molar-refractivity contribution in [3.8, 4) is 56.0 Å². The molecule has 3 nitrogen and oxygen atoms in total. The monoisotopic (exact) mass is 692 g/mol. The van der Waals surface area contributed by atoms with Gasteiger partial charge in [-0.2, -0.15) is 0 Å². The largest absolute Gasteiger partial charge is 0.456 e. The smallest absolute Gasteiger partial charge is 0.160 e. The lowest BCUT2D eigenvalue weighted by Gasteiger charge is -2.30. The summed E-state index contributed by atoms with van der Waals surface area (Å²) in [6.45, 7) is 4.73. The van der Waals surface area contributed by atoms with Crippen LogP contribution in [0.4, 0.5) is 0 Å². The quantitative estimate of drug-likeness (QED) is 0.184. The standard InChI is InChI=1S/C51H36N2O/c1-51(2)43-23-10-8-20-37(43)41-29-40-34(28-44(41)51)27-42(36-19-7-6-18-35(36)40)46-30-45(33-17-12-16-32(26-33)31-14-4-3-5-15-31)52-50(53-46)39-22-13-25-48-49(39)38-21-9-11-24-47(38)54-48/h3-26,28-30,42H,27H2,1-2H3. The Morgan fingerprint density at radius 2 is 1.22 bits per heavy atom. The number of rotatable bonds is 4. The molecular weight excluding hydrogens is 657 g/mol. The summed E-state index contributed by atoms with van der Waals surface area (Å²) >= 11 is 0. The highest BCUT2D eigenvalue weighted by atomic mass is 16.3. The molecule has 9 aromatic rings. The molecule has 0 spiro atoms. The maximum absolute atomic E-state index is 6.35. The van der Waals surface area contributed by atoms with Gasteiger partial charge in [-0.25, -0.2) is 9.97 Å². The molecule has 54 heavy (non-hydrogen) atoms. The molecule has 2 aliphatic rings. The van der Waals surface area contributed by atoms with Gasteiger partial charge in [0.2, 0.25) is 0 Å². The zero-order chi connectivity index (χ0) is 36.0. The van der Waals surface area contributed by atoms with Gasteiger partial charge in [-0.1, -0.05) is 147 Å². The summed E-state index contributed by atoms with van der Waals surface area (Å²) in [5, 5.41) is 2.11. The number of nitrogens with zero attached hydrogens (tertiary/aromatic N) is 2. The Morgan fingerprint density at radius 3 is 2.13 bits per heavy atom. The molecular formula is C51H36N2O. The van der Waals surface area contributed by atoms with Crippen LogP contribution >= 0.6 is 0 Å². The van der Waals surface area contributed by atoms with Gasteiger partial charge in [-0.3, -0.25) is 0 Å². The lowest BCUT2D eigenvalue weighted by Crippen LogP contribution is -2.18. The molecule has 1 unspecified atom stereocenters. The molecule has 0 N–H and O–H groups in total. The summed E-state index contributed by atoms with van der Waals surface area (Å²) in [5.41, 5.74) is 18.7. The average molecular weight is 693 g/mol. The second-order valence-corrected chi connectivity index (χ2v) is 15.3. The van der Waals surface area contributed by atoms with Crippen molar-refractivity contribution in [2.45, 2.75) is 31.6 Å². The summed E-state index contributed by atoms with van der Waals surface area (Å²) in [4.78, 5) is 10.9. The number of aromatic nitrogens is 2. The number of benzene rings is 7. The molecule has 0 bridgehead atoms. The second kappa shape index (κ2) is 11.7. The lowest BCUT2D eigenvalue weighted by atomic mass is 9.74. The van der Waals surface area contributed by atoms with Crippen LogP contribution in [0.25, 0.3) is 78.0 Å². The van der Waals surface area contributed by atoms with Crippen LogP contribution in [0.1, 0.15) is 47.7 Å². The first kappa shape index (κ1) is 31.0. The van der Waals surface area contributed by atoms with Crippen LogP contribution in [-0.2, 0) is 11.8 Å². The van der Waals surface area contributed by atoms with E-state index in [2.05, 4.69) is 159 Å². The van der Waals surface area contributed by atoms with E-state index in [-0.39, 0.29) is 11.3 Å². The molecule has 256 valence electrons. The van der Waals surface area contributed by atoms with Gasteiger partial charge in [0.1, 0.15) is 11.2 Å². The summed E-state index contributed by atoms with van der Waals surface area (Å²) in [6, 6.07) is 58.8. The fourth-order valence-corrected chi connectivity index (χ4v) is 9.21. The van der Waals surface area contributed by atoms with E-state index in [4.69, 9.17) is 14.4 Å². The Morgan fingerprint density at radius 1 is 0.519 bits per heavy atom. The maximum Gasteiger partial charge on any atom is 0.160 e. The van der Waals surface area contributed by atoms with E-state index in [0.717, 1.165) is 56.4 Å². The number of hydrogen-bond acceptors (Lipinski definition) is 3. The van der Waals surface area contributed by atoms with E-state index < -0.39 is 0 Å². The van der Waals surface area contributed by atoms with Crippen molar-refractivity contribution < 1.29 is 4.42 Å². The molecule has 7 aromatic carbocycles. The maximum atomic E-state index is 6.35. The molecule has 1 atom stereocenters. The van der Waals surface area contributed by atoms with E-state index in [0.29, 0.717) is 5.82 Å². The Kier molecular flexibility index (Phi) is 6.72. The van der Waals surface area contributed by atoms with E-state index in [1.165, 1.54) is 50.1 Å². The van der Waals surface area contributed by atoms with Crippen molar-refractivity contribution in [3.05, 3.63) is 192 Å². The van der Waals surface area contributed by atoms with Crippen LogP contribution in [0.2, 0.25) is 0 Å². The van der Waals surface area contributed by atoms with Gasteiger partial charge in [0.25, 0.3) is 0 Å². The predicted molar refractivity (Wildman–Crippen MR) is 221 cm³/mol. The zero-order valence-electron chi connectivity index (χ0n) is 30.2. The van der Waals surface area contributed by atoms with Gasteiger partial charge in [-0.15, -0.1) is 0 Å². The molecule has 0 aliphatic heterocycles. The molecule has 2 heterocycles. The summed E-state index contributed by atoms with van der Waals surface area (Å²) in [5.74, 6) is 0.746. The first-order valence-electron chi connectivity index (χ1n) is 18.8. The first-order valence-corrected chi connectivity index (χ1v) is 18.8. The third-order valence-corrected chi connectivity index (χ3v) is 11.9. The summed E-state index contributed by atoms with van der Waals surface area (Å²) in [6.07, 6.45) is 0.852. The molecule has 0 saturated carbocycles. The molecule has 0 fully saturated rings. The molecule has 2 aromatic heterocycles. The van der Waals surface area contributed by atoms with Crippen LogP contribution < -0.4 is 0 Å². The van der Waals surface area contributed by atoms with Crippen LogP contribution in [-0.4, -0.2) is 9.97 Å². The molecule has 3 heteroatoms. The van der Waals surface area contributed by atoms with Crippen molar-refractivity contribution in [3.63, 3.8) is 0 Å². The first-order chi connectivity index (χ1) is 26.5. The van der Waals surface area contributed by atoms with E-state index >= 15 is 0 Å². The fourth-order valence-electron chi connectivity index (χ4n) is 9.21. The number of para-hydroxylation sites is 1. The Hall–Kier alpha value is -6.58. The molecule has 11 rings (SSSR count). The fraction of sp³-hybridized carbons (Fsp3) is 0.0980.